The summed E-state index contributed by atoms with van der Waals surface area (Å²) in [6.45, 7) is 0. The third-order valence-electron chi connectivity index (χ3n) is 2.31. The van der Waals surface area contributed by atoms with Crippen LogP contribution in [-0.4, -0.2) is 24.4 Å². The number of carbonyl (C=O) groups is 1. The smallest absolute Gasteiger partial charge is 0.469 e. The van der Waals surface area contributed by atoms with Gasteiger partial charge in [-0.05, 0) is 11.6 Å². The van der Waals surface area contributed by atoms with E-state index in [0.717, 1.165) is 13.2 Å². The number of halogens is 7. The van der Waals surface area contributed by atoms with Crippen molar-refractivity contribution in [2.75, 3.05) is 7.11 Å². The number of esters is 1. The van der Waals surface area contributed by atoms with Gasteiger partial charge in [0.2, 0.25) is 5.88 Å². The van der Waals surface area contributed by atoms with E-state index in [1.807, 2.05) is 0 Å². The second-order valence-electron chi connectivity index (χ2n) is 3.88. The topological polar surface area (TPSA) is 48.4 Å². The van der Waals surface area contributed by atoms with E-state index in [1.165, 1.54) is 0 Å². The number of hydrogen-bond acceptors (Lipinski definition) is 4. The highest BCUT2D eigenvalue weighted by molar-refractivity contribution is 9.08. The summed E-state index contributed by atoms with van der Waals surface area (Å²) in [5, 5.41) is -0.410. The summed E-state index contributed by atoms with van der Waals surface area (Å²) in [4.78, 5) is 14.2. The fourth-order valence-electron chi connectivity index (χ4n) is 1.53. The summed E-state index contributed by atoms with van der Waals surface area (Å²) in [6, 6.07) is 0.859. The minimum absolute atomic E-state index is 0.339. The highest BCUT2D eigenvalue weighted by Gasteiger charge is 2.42. The van der Waals surface area contributed by atoms with E-state index in [9.17, 15) is 31.1 Å². The van der Waals surface area contributed by atoms with Gasteiger partial charge >= 0.3 is 18.5 Å². The van der Waals surface area contributed by atoms with Crippen molar-refractivity contribution in [3.05, 3.63) is 22.9 Å². The minimum Gasteiger partial charge on any atom is -0.469 e. The molecule has 0 radical (unpaired) electrons. The van der Waals surface area contributed by atoms with Crippen LogP contribution in [0.5, 0.6) is 5.88 Å². The molecule has 0 aromatic carbocycles. The summed E-state index contributed by atoms with van der Waals surface area (Å²) in [5.41, 5.74) is -2.54. The van der Waals surface area contributed by atoms with Crippen LogP contribution in [0.3, 0.4) is 0 Å². The third-order valence-corrected chi connectivity index (χ3v) is 2.92. The molecule has 0 aliphatic carbocycles. The molecule has 22 heavy (non-hydrogen) atoms. The molecule has 1 aromatic rings. The number of ether oxygens (including phenoxy) is 2. The molecule has 0 atom stereocenters. The van der Waals surface area contributed by atoms with Crippen LogP contribution in [-0.2, 0) is 27.5 Å². The summed E-state index contributed by atoms with van der Waals surface area (Å²) < 4.78 is 83.3. The van der Waals surface area contributed by atoms with Gasteiger partial charge in [0.25, 0.3) is 0 Å². The predicted molar refractivity (Wildman–Crippen MR) is 64.3 cm³/mol. The van der Waals surface area contributed by atoms with Gasteiger partial charge in [0.1, 0.15) is 5.56 Å². The maximum atomic E-state index is 12.9. The Morgan fingerprint density at radius 1 is 1.27 bits per heavy atom. The number of aromatic nitrogens is 1. The number of nitrogens with zero attached hydrogens (tertiary/aromatic N) is 1. The fourth-order valence-corrected chi connectivity index (χ4v) is 1.97. The number of rotatable bonds is 4. The van der Waals surface area contributed by atoms with E-state index < -0.39 is 47.3 Å². The first-order chi connectivity index (χ1) is 9.97. The van der Waals surface area contributed by atoms with Gasteiger partial charge in [-0.3, -0.25) is 4.79 Å². The second kappa shape index (κ2) is 6.71. The molecular weight excluding hydrogens is 388 g/mol. The van der Waals surface area contributed by atoms with Gasteiger partial charge in [-0.15, -0.1) is 13.2 Å². The van der Waals surface area contributed by atoms with Gasteiger partial charge < -0.3 is 9.47 Å². The van der Waals surface area contributed by atoms with Crippen molar-refractivity contribution in [2.45, 2.75) is 24.3 Å². The maximum Gasteiger partial charge on any atom is 0.574 e. The van der Waals surface area contributed by atoms with Crippen LogP contribution in [0, 0.1) is 0 Å². The molecule has 0 amide bonds. The Balaban J connectivity index is 3.45. The number of pyridine rings is 1. The summed E-state index contributed by atoms with van der Waals surface area (Å²) >= 11 is 2.75. The van der Waals surface area contributed by atoms with Crippen LogP contribution < -0.4 is 4.74 Å². The molecule has 0 fully saturated rings. The Morgan fingerprint density at radius 2 is 1.86 bits per heavy atom. The average molecular weight is 396 g/mol. The van der Waals surface area contributed by atoms with Gasteiger partial charge in [-0.1, -0.05) is 15.9 Å². The lowest BCUT2D eigenvalue weighted by Crippen LogP contribution is -2.23. The molecule has 0 spiro atoms. The molecular formula is C11H8BrF6NO3. The van der Waals surface area contributed by atoms with Crippen LogP contribution >= 0.6 is 15.9 Å². The van der Waals surface area contributed by atoms with E-state index in [1.54, 1.807) is 0 Å². The van der Waals surface area contributed by atoms with E-state index in [0.29, 0.717) is 0 Å². The Bertz CT molecular complexity index is 558. The van der Waals surface area contributed by atoms with Crippen LogP contribution in [0.15, 0.2) is 6.07 Å². The van der Waals surface area contributed by atoms with E-state index in [4.69, 9.17) is 0 Å². The second-order valence-corrected chi connectivity index (χ2v) is 4.45. The quantitative estimate of drug-likeness (QED) is 0.444. The van der Waals surface area contributed by atoms with Gasteiger partial charge in [0.15, 0.2) is 0 Å². The van der Waals surface area contributed by atoms with E-state index >= 15 is 0 Å². The Morgan fingerprint density at radius 3 is 2.27 bits per heavy atom. The van der Waals surface area contributed by atoms with Crippen LogP contribution in [0.2, 0.25) is 0 Å². The largest absolute Gasteiger partial charge is 0.574 e. The van der Waals surface area contributed by atoms with E-state index in [2.05, 4.69) is 30.4 Å². The third kappa shape index (κ3) is 5.04. The number of carbonyl (C=O) groups excluding carboxylic acids is 1. The molecule has 0 bridgehead atoms. The summed E-state index contributed by atoms with van der Waals surface area (Å²) in [7, 11) is 1.02. The van der Waals surface area contributed by atoms with Crippen LogP contribution in [0.1, 0.15) is 16.8 Å². The van der Waals surface area contributed by atoms with Gasteiger partial charge in [-0.2, -0.15) is 13.2 Å². The summed E-state index contributed by atoms with van der Waals surface area (Å²) in [6.07, 6.45) is -11.1. The highest BCUT2D eigenvalue weighted by Crippen LogP contribution is 2.40. The van der Waals surface area contributed by atoms with Crippen molar-refractivity contribution in [1.82, 2.24) is 4.98 Å². The molecule has 1 rings (SSSR count). The van der Waals surface area contributed by atoms with E-state index in [-0.39, 0.29) is 5.69 Å². The Labute approximate surface area is 128 Å². The van der Waals surface area contributed by atoms with Gasteiger partial charge in [0, 0.05) is 5.33 Å². The van der Waals surface area contributed by atoms with Crippen molar-refractivity contribution >= 4 is 21.9 Å². The molecule has 1 heterocycles. The SMILES string of the molecule is COC(=O)Cc1cc(CBr)c(C(F)(F)F)c(OC(F)(F)F)n1. The van der Waals surface area contributed by atoms with Crippen molar-refractivity contribution in [1.29, 1.82) is 0 Å². The zero-order chi connectivity index (χ0) is 17.1. The maximum absolute atomic E-state index is 12.9. The van der Waals surface area contributed by atoms with Crippen LogP contribution in [0.4, 0.5) is 26.3 Å². The molecule has 0 saturated heterocycles. The van der Waals surface area contributed by atoms with Crippen molar-refractivity contribution in [2.24, 2.45) is 0 Å². The molecule has 0 aliphatic rings. The lowest BCUT2D eigenvalue weighted by molar-refractivity contribution is -0.278. The molecule has 1 aromatic heterocycles. The van der Waals surface area contributed by atoms with Gasteiger partial charge in [-0.25, -0.2) is 4.98 Å². The van der Waals surface area contributed by atoms with Crippen molar-refractivity contribution in [3.63, 3.8) is 0 Å². The molecule has 0 saturated carbocycles. The fraction of sp³-hybridized carbons (Fsp3) is 0.455. The van der Waals surface area contributed by atoms with Crippen molar-refractivity contribution < 1.29 is 40.6 Å². The molecule has 124 valence electrons. The standard InChI is InChI=1S/C11H8BrF6NO3/c1-21-7(20)3-6-2-5(4-12)8(10(13,14)15)9(19-6)22-11(16,17)18/h2H,3-4H2,1H3. The zero-order valence-electron chi connectivity index (χ0n) is 10.8. The number of hydrogen-bond donors (Lipinski definition) is 0. The average Bonchev–Trinajstić information content (AvgIpc) is 2.34. The zero-order valence-corrected chi connectivity index (χ0v) is 12.4. The lowest BCUT2D eigenvalue weighted by Gasteiger charge is -2.18. The molecule has 0 N–H and O–H groups in total. The minimum atomic E-state index is -5.36. The number of methoxy groups -OCH3 is 1. The molecule has 0 unspecified atom stereocenters. The monoisotopic (exact) mass is 395 g/mol. The number of alkyl halides is 7. The Kier molecular flexibility index (Phi) is 5.65. The first-order valence-corrected chi connectivity index (χ1v) is 6.58. The Hall–Kier alpha value is -1.52. The predicted octanol–water partition coefficient (Wildman–Crippen LogP) is 3.61. The first-order valence-electron chi connectivity index (χ1n) is 5.46. The summed E-state index contributed by atoms with van der Waals surface area (Å²) in [5.74, 6) is -2.53. The highest BCUT2D eigenvalue weighted by atomic mass is 79.9. The van der Waals surface area contributed by atoms with Crippen molar-refractivity contribution in [3.8, 4) is 5.88 Å². The molecule has 11 heteroatoms. The molecule has 4 nitrogen and oxygen atoms in total. The molecule has 0 aliphatic heterocycles. The normalized spacial score (nSPS) is 12.2. The first kappa shape index (κ1) is 18.5. The lowest BCUT2D eigenvalue weighted by atomic mass is 10.1. The van der Waals surface area contributed by atoms with Crippen LogP contribution in [0.25, 0.3) is 0 Å². The van der Waals surface area contributed by atoms with Gasteiger partial charge in [0.05, 0.1) is 19.2 Å².